The number of allylic oxidation sites excluding steroid dienone is 2. The molecule has 6 nitrogen and oxygen atoms in total. The number of fused-ring (bicyclic) bond motifs is 1. The quantitative estimate of drug-likeness (QED) is 0.158. The highest BCUT2D eigenvalue weighted by Crippen LogP contribution is 2.53. The lowest BCUT2D eigenvalue weighted by Gasteiger charge is -2.46. The zero-order valence-electron chi connectivity index (χ0n) is 26.2. The summed E-state index contributed by atoms with van der Waals surface area (Å²) in [5, 5.41) is 17.2. The number of β-lactam (4-membered cyclic amide) rings is 1. The van der Waals surface area contributed by atoms with Crippen molar-refractivity contribution in [1.29, 1.82) is 5.26 Å². The number of ether oxygens (including phenoxy) is 1. The first-order valence-corrected chi connectivity index (χ1v) is 17.3. The van der Waals surface area contributed by atoms with Gasteiger partial charge in [-0.3, -0.25) is 9.69 Å². The van der Waals surface area contributed by atoms with Gasteiger partial charge in [-0.25, -0.2) is 4.68 Å². The number of para-hydroxylation sites is 1. The monoisotopic (exact) mass is 710 g/mol. The van der Waals surface area contributed by atoms with Crippen molar-refractivity contribution in [1.82, 2.24) is 9.78 Å². The van der Waals surface area contributed by atoms with Crippen molar-refractivity contribution < 1.29 is 9.53 Å². The molecule has 2 aromatic heterocycles. The molecule has 2 aliphatic rings. The lowest BCUT2D eigenvalue weighted by Crippen LogP contribution is -2.61. The summed E-state index contributed by atoms with van der Waals surface area (Å²) in [5.41, 5.74) is 5.48. The van der Waals surface area contributed by atoms with E-state index in [0.717, 1.165) is 44.9 Å². The van der Waals surface area contributed by atoms with Gasteiger partial charge in [0, 0.05) is 26.4 Å². The average Bonchev–Trinajstić information content (AvgIpc) is 3.58. The molecule has 1 saturated heterocycles. The largest absolute Gasteiger partial charge is 0.476 e. The third kappa shape index (κ3) is 5.63. The smallest absolute Gasteiger partial charge is 0.272 e. The highest BCUT2D eigenvalue weighted by Gasteiger charge is 2.53. The lowest BCUT2D eigenvalue weighted by molar-refractivity contribution is -0.134. The number of anilines is 1. The molecule has 240 valence electrons. The van der Waals surface area contributed by atoms with Crippen LogP contribution in [0.15, 0.2) is 90.5 Å². The SMILES string of the molecule is Cc1nn(-c2ccccc2)c(Cl)c1/C=C/C1=Cc2c(sc(N3C(=O)[C@@H](Oc4ccc(Cl)cc4Cl)[C@H]3c3ccccc3)c2C#N)C(C)(C)C1. The van der Waals surface area contributed by atoms with Crippen LogP contribution in [-0.2, 0) is 10.2 Å². The fraction of sp³-hybridized carbons (Fsp3) is 0.184. The molecule has 0 unspecified atom stereocenters. The van der Waals surface area contributed by atoms with E-state index in [0.29, 0.717) is 31.5 Å². The van der Waals surface area contributed by atoms with E-state index in [4.69, 9.17) is 39.5 Å². The molecule has 7 rings (SSSR count). The lowest BCUT2D eigenvalue weighted by atomic mass is 9.77. The molecular weight excluding hydrogens is 683 g/mol. The number of benzene rings is 3. The van der Waals surface area contributed by atoms with Gasteiger partial charge in [-0.1, -0.05) is 103 Å². The summed E-state index contributed by atoms with van der Waals surface area (Å²) in [5.74, 6) is 0.128. The normalized spacial score (nSPS) is 18.3. The molecule has 1 aliphatic carbocycles. The van der Waals surface area contributed by atoms with Gasteiger partial charge >= 0.3 is 0 Å². The Hall–Kier alpha value is -4.32. The fourth-order valence-electron chi connectivity index (χ4n) is 6.40. The first-order valence-electron chi connectivity index (χ1n) is 15.3. The summed E-state index contributed by atoms with van der Waals surface area (Å²) >= 11 is 20.8. The number of nitrogens with zero attached hydrogens (tertiary/aromatic N) is 4. The summed E-state index contributed by atoms with van der Waals surface area (Å²) in [7, 11) is 0. The third-order valence-electron chi connectivity index (χ3n) is 8.70. The summed E-state index contributed by atoms with van der Waals surface area (Å²) in [6.07, 6.45) is 6.01. The van der Waals surface area contributed by atoms with Gasteiger partial charge in [-0.2, -0.15) is 10.4 Å². The van der Waals surface area contributed by atoms with E-state index in [-0.39, 0.29) is 11.3 Å². The molecule has 0 bridgehead atoms. The number of thiophene rings is 1. The van der Waals surface area contributed by atoms with Crippen LogP contribution < -0.4 is 9.64 Å². The van der Waals surface area contributed by atoms with Gasteiger partial charge in [0.05, 0.1) is 22.0 Å². The Kier molecular flexibility index (Phi) is 8.47. The zero-order chi connectivity index (χ0) is 33.7. The van der Waals surface area contributed by atoms with Crippen LogP contribution in [0.4, 0.5) is 5.00 Å². The Balaban J connectivity index is 1.25. The molecule has 10 heteroatoms. The highest BCUT2D eigenvalue weighted by molar-refractivity contribution is 7.17. The first-order chi connectivity index (χ1) is 23.1. The number of carbonyl (C=O) groups excluding carboxylic acids is 1. The van der Waals surface area contributed by atoms with E-state index in [2.05, 4.69) is 37.2 Å². The molecule has 0 spiro atoms. The number of rotatable bonds is 7. The van der Waals surface area contributed by atoms with Crippen molar-refractivity contribution in [3.8, 4) is 17.5 Å². The molecule has 1 aliphatic heterocycles. The number of hydrogen-bond acceptors (Lipinski definition) is 5. The maximum absolute atomic E-state index is 13.9. The molecule has 3 heterocycles. The van der Waals surface area contributed by atoms with Gasteiger partial charge in [-0.05, 0) is 67.0 Å². The fourth-order valence-corrected chi connectivity index (χ4v) is 8.56. The average molecular weight is 712 g/mol. The second kappa shape index (κ2) is 12.6. The van der Waals surface area contributed by atoms with E-state index in [1.807, 2.05) is 73.7 Å². The van der Waals surface area contributed by atoms with Crippen molar-refractivity contribution in [2.75, 3.05) is 4.90 Å². The van der Waals surface area contributed by atoms with Crippen LogP contribution in [0.3, 0.4) is 0 Å². The van der Waals surface area contributed by atoms with E-state index >= 15 is 0 Å². The Labute approximate surface area is 298 Å². The minimum absolute atomic E-state index is 0.243. The van der Waals surface area contributed by atoms with Gasteiger partial charge in [0.2, 0.25) is 6.10 Å². The van der Waals surface area contributed by atoms with Crippen LogP contribution in [0, 0.1) is 18.3 Å². The van der Waals surface area contributed by atoms with Gasteiger partial charge in [0.25, 0.3) is 5.91 Å². The Bertz CT molecular complexity index is 2160. The molecule has 0 radical (unpaired) electrons. The molecule has 48 heavy (non-hydrogen) atoms. The van der Waals surface area contributed by atoms with Crippen LogP contribution in [0.1, 0.15) is 59.1 Å². The zero-order valence-corrected chi connectivity index (χ0v) is 29.3. The summed E-state index contributed by atoms with van der Waals surface area (Å²) in [6.45, 7) is 6.27. The first kappa shape index (κ1) is 32.2. The Morgan fingerprint density at radius 3 is 2.42 bits per heavy atom. The van der Waals surface area contributed by atoms with Gasteiger partial charge < -0.3 is 4.74 Å². The standard InChI is InChI=1S/C38H29Cl3N4O2S/c1-22-27(35(41)45(43-22)26-12-8-5-9-13-26)16-14-23-18-28-29(21-42)37(48-34(28)38(2,3)20-23)44-32(24-10-6-4-7-11-24)33(36(44)46)47-31-17-15-25(39)19-30(31)40/h4-19,32-33H,20H2,1-3H3/b16-14+/t32-,33+/m1/s1. The van der Waals surface area contributed by atoms with Crippen LogP contribution in [-0.4, -0.2) is 21.8 Å². The Morgan fingerprint density at radius 1 is 1.02 bits per heavy atom. The Morgan fingerprint density at radius 2 is 1.73 bits per heavy atom. The maximum Gasteiger partial charge on any atom is 0.272 e. The summed E-state index contributed by atoms with van der Waals surface area (Å²) < 4.78 is 7.96. The number of carbonyl (C=O) groups is 1. The molecule has 1 fully saturated rings. The van der Waals surface area contributed by atoms with Crippen LogP contribution in [0.25, 0.3) is 17.8 Å². The van der Waals surface area contributed by atoms with E-state index in [9.17, 15) is 10.1 Å². The van der Waals surface area contributed by atoms with Crippen molar-refractivity contribution in [3.05, 3.63) is 139 Å². The van der Waals surface area contributed by atoms with Crippen LogP contribution in [0.2, 0.25) is 15.2 Å². The minimum atomic E-state index is -0.830. The molecule has 3 aromatic carbocycles. The number of aryl methyl sites for hydroxylation is 1. The molecule has 1 amide bonds. The molecule has 0 saturated carbocycles. The number of amides is 1. The number of aromatic nitrogens is 2. The van der Waals surface area contributed by atoms with Crippen molar-refractivity contribution in [2.45, 2.75) is 44.8 Å². The number of hydrogen-bond donors (Lipinski definition) is 0. The molecule has 0 N–H and O–H groups in total. The van der Waals surface area contributed by atoms with Crippen molar-refractivity contribution >= 4 is 69.2 Å². The minimum Gasteiger partial charge on any atom is -0.476 e. The molecular formula is C38H29Cl3N4O2S. The van der Waals surface area contributed by atoms with Gasteiger partial charge in [0.1, 0.15) is 28.0 Å². The van der Waals surface area contributed by atoms with E-state index < -0.39 is 12.1 Å². The van der Waals surface area contributed by atoms with E-state index in [1.54, 1.807) is 27.8 Å². The highest BCUT2D eigenvalue weighted by atomic mass is 35.5. The van der Waals surface area contributed by atoms with Crippen LogP contribution in [0.5, 0.6) is 5.75 Å². The van der Waals surface area contributed by atoms with Gasteiger partial charge in [0.15, 0.2) is 0 Å². The summed E-state index contributed by atoms with van der Waals surface area (Å²) in [6, 6.07) is 26.4. The summed E-state index contributed by atoms with van der Waals surface area (Å²) in [4.78, 5) is 16.7. The predicted octanol–water partition coefficient (Wildman–Crippen LogP) is 10.4. The second-order valence-corrected chi connectivity index (χ2v) is 14.7. The topological polar surface area (TPSA) is 71.2 Å². The molecule has 5 aromatic rings. The number of halogens is 3. The maximum atomic E-state index is 13.9. The third-order valence-corrected chi connectivity index (χ3v) is 11.2. The number of nitriles is 1. The van der Waals surface area contributed by atoms with Gasteiger partial charge in [-0.15, -0.1) is 11.3 Å². The second-order valence-electron chi connectivity index (χ2n) is 12.5. The van der Waals surface area contributed by atoms with E-state index in [1.165, 1.54) is 11.3 Å². The van der Waals surface area contributed by atoms with Crippen molar-refractivity contribution in [2.24, 2.45) is 0 Å². The predicted molar refractivity (Wildman–Crippen MR) is 195 cm³/mol. The van der Waals surface area contributed by atoms with Crippen molar-refractivity contribution in [3.63, 3.8) is 0 Å². The van der Waals surface area contributed by atoms with Crippen LogP contribution >= 0.6 is 46.1 Å². The molecule has 2 atom stereocenters.